The molecule has 0 aromatic heterocycles. The van der Waals surface area contributed by atoms with Crippen LogP contribution in [0, 0.1) is 5.82 Å². The fourth-order valence-electron chi connectivity index (χ4n) is 3.20. The van der Waals surface area contributed by atoms with Crippen molar-refractivity contribution in [3.63, 3.8) is 0 Å². The Kier molecular flexibility index (Phi) is 8.58. The smallest absolute Gasteiger partial charge is 0.328 e. The molecule has 9 heteroatoms. The number of aliphatic carboxylic acids is 3. The van der Waals surface area contributed by atoms with E-state index in [0.717, 1.165) is 27.2 Å². The van der Waals surface area contributed by atoms with Gasteiger partial charge in [0, 0.05) is 34.1 Å². The highest BCUT2D eigenvalue weighted by Gasteiger charge is 2.25. The molecule has 0 fully saturated rings. The molecule has 3 N–H and O–H groups in total. The largest absolute Gasteiger partial charge is 0.481 e. The van der Waals surface area contributed by atoms with Crippen LogP contribution in [-0.4, -0.2) is 43.7 Å². The van der Waals surface area contributed by atoms with E-state index in [1.165, 1.54) is 12.1 Å². The van der Waals surface area contributed by atoms with Crippen LogP contribution in [-0.2, 0) is 25.2 Å². The van der Waals surface area contributed by atoms with Crippen LogP contribution in [0.4, 0.5) is 4.39 Å². The third-order valence-corrected chi connectivity index (χ3v) is 5.61. The third-order valence-electron chi connectivity index (χ3n) is 4.67. The molecule has 1 aliphatic rings. The van der Waals surface area contributed by atoms with Crippen molar-refractivity contribution in [3.05, 3.63) is 82.7 Å². The van der Waals surface area contributed by atoms with E-state index < -0.39 is 28.7 Å². The molecule has 0 spiro atoms. The molecule has 0 heterocycles. The van der Waals surface area contributed by atoms with Crippen LogP contribution < -0.4 is 0 Å². The van der Waals surface area contributed by atoms with Gasteiger partial charge in [-0.3, -0.25) is 9.00 Å². The number of hydrogen-bond donors (Lipinski definition) is 3. The maximum atomic E-state index is 13.7. The van der Waals surface area contributed by atoms with Gasteiger partial charge in [0.05, 0.1) is 6.42 Å². The standard InChI is InChI=1S/C20H17FO3S.C4H4O4/c1-12-17(9-13-3-6-15(7-4-13)25(2)24)16-8-5-14(21)10-19(16)18(12)11-20(22)23;5-3(6)1-2-4(7)8/h3-10H,11H2,1-2H3,(H,22,23);1-2H,(H,5,6)(H,7,8)/b17-9-;2-1-. The molecule has 1 unspecified atom stereocenters. The Morgan fingerprint density at radius 3 is 2.00 bits per heavy atom. The lowest BCUT2D eigenvalue weighted by Crippen LogP contribution is -1.97. The molecule has 1 atom stereocenters. The van der Waals surface area contributed by atoms with Gasteiger partial charge in [0.25, 0.3) is 0 Å². The normalized spacial score (nSPS) is 14.6. The lowest BCUT2D eigenvalue weighted by atomic mass is 10.0. The van der Waals surface area contributed by atoms with Crippen LogP contribution in [0.15, 0.2) is 65.1 Å². The first kappa shape index (κ1) is 25.4. The molecule has 172 valence electrons. The van der Waals surface area contributed by atoms with Crippen LogP contribution in [0.1, 0.15) is 30.0 Å². The third kappa shape index (κ3) is 7.08. The SMILES string of the molecule is CC1=C(CC(=O)O)c2cc(F)ccc2/C1=C\c1ccc(S(C)=O)cc1.O=C(O)/C=C\C(=O)O. The number of carboxylic acids is 3. The van der Waals surface area contributed by atoms with Gasteiger partial charge in [0.2, 0.25) is 0 Å². The van der Waals surface area contributed by atoms with E-state index in [2.05, 4.69) is 0 Å². The Morgan fingerprint density at radius 1 is 0.939 bits per heavy atom. The molecule has 2 aromatic rings. The van der Waals surface area contributed by atoms with Gasteiger partial charge < -0.3 is 15.3 Å². The molecule has 0 saturated heterocycles. The number of halogens is 1. The fourth-order valence-corrected chi connectivity index (χ4v) is 3.72. The number of carbonyl (C=O) groups is 3. The maximum Gasteiger partial charge on any atom is 0.328 e. The summed E-state index contributed by atoms with van der Waals surface area (Å²) in [6.45, 7) is 1.86. The molecule has 7 nitrogen and oxygen atoms in total. The van der Waals surface area contributed by atoms with Crippen LogP contribution in [0.2, 0.25) is 0 Å². The summed E-state index contributed by atoms with van der Waals surface area (Å²) >= 11 is 0. The fraction of sp³-hybridized carbons (Fsp3) is 0.125. The summed E-state index contributed by atoms with van der Waals surface area (Å²) in [6.07, 6.45) is 4.54. The summed E-state index contributed by atoms with van der Waals surface area (Å²) in [5, 5.41) is 24.8. The first-order valence-corrected chi connectivity index (χ1v) is 11.1. The predicted molar refractivity (Wildman–Crippen MR) is 122 cm³/mol. The van der Waals surface area contributed by atoms with E-state index in [1.807, 2.05) is 25.1 Å². The Balaban J connectivity index is 0.000000414. The van der Waals surface area contributed by atoms with Gasteiger partial charge in [-0.1, -0.05) is 18.2 Å². The summed E-state index contributed by atoms with van der Waals surface area (Å²) in [5.74, 6) is -3.84. The second kappa shape index (κ2) is 11.1. The monoisotopic (exact) mass is 472 g/mol. The van der Waals surface area contributed by atoms with Crippen molar-refractivity contribution in [1.82, 2.24) is 0 Å². The minimum atomic E-state index is -1.26. The van der Waals surface area contributed by atoms with Gasteiger partial charge in [-0.15, -0.1) is 0 Å². The van der Waals surface area contributed by atoms with Crippen molar-refractivity contribution in [2.24, 2.45) is 0 Å². The van der Waals surface area contributed by atoms with Gasteiger partial charge in [-0.25, -0.2) is 14.0 Å². The van der Waals surface area contributed by atoms with Gasteiger partial charge in [0.1, 0.15) is 5.82 Å². The summed E-state index contributed by atoms with van der Waals surface area (Å²) in [7, 11) is -1.04. The van der Waals surface area contributed by atoms with E-state index in [0.29, 0.717) is 23.3 Å². The predicted octanol–water partition coefficient (Wildman–Crippen LogP) is 4.08. The zero-order valence-corrected chi connectivity index (χ0v) is 18.6. The zero-order valence-electron chi connectivity index (χ0n) is 17.7. The number of benzene rings is 2. The number of fused-ring (bicyclic) bond motifs is 1. The average molecular weight is 472 g/mol. The van der Waals surface area contributed by atoms with E-state index in [1.54, 1.807) is 24.5 Å². The molecule has 2 aromatic carbocycles. The highest BCUT2D eigenvalue weighted by Crippen LogP contribution is 2.43. The first-order valence-electron chi connectivity index (χ1n) is 9.51. The molecule has 0 aliphatic heterocycles. The quantitative estimate of drug-likeness (QED) is 0.540. The minimum absolute atomic E-state index is 0.145. The maximum absolute atomic E-state index is 13.7. The Hall–Kier alpha value is -3.85. The van der Waals surface area contributed by atoms with Gasteiger partial charge >= 0.3 is 17.9 Å². The van der Waals surface area contributed by atoms with Crippen LogP contribution in [0.25, 0.3) is 17.2 Å². The molecule has 33 heavy (non-hydrogen) atoms. The highest BCUT2D eigenvalue weighted by molar-refractivity contribution is 7.84. The highest BCUT2D eigenvalue weighted by atomic mass is 32.2. The van der Waals surface area contributed by atoms with E-state index >= 15 is 0 Å². The number of allylic oxidation sites excluding steroid dienone is 2. The summed E-state index contributed by atoms with van der Waals surface area (Å²) in [6, 6.07) is 11.8. The second-order valence-electron chi connectivity index (χ2n) is 6.95. The van der Waals surface area contributed by atoms with Crippen molar-refractivity contribution >= 4 is 45.9 Å². The Labute approximate surface area is 191 Å². The molecule has 1 aliphatic carbocycles. The van der Waals surface area contributed by atoms with Crippen LogP contribution in [0.5, 0.6) is 0 Å². The van der Waals surface area contributed by atoms with Gasteiger partial charge in [-0.2, -0.15) is 0 Å². The number of carboxylic acid groups (broad SMARTS) is 3. The van der Waals surface area contributed by atoms with E-state index in [-0.39, 0.29) is 12.2 Å². The first-order chi connectivity index (χ1) is 15.5. The number of rotatable bonds is 6. The molecular formula is C24H21FO7S. The molecule has 0 bridgehead atoms. The second-order valence-corrected chi connectivity index (χ2v) is 8.33. The van der Waals surface area contributed by atoms with Gasteiger partial charge in [-0.05, 0) is 70.7 Å². The molecule has 0 radical (unpaired) electrons. The zero-order chi connectivity index (χ0) is 24.7. The van der Waals surface area contributed by atoms with Gasteiger partial charge in [0.15, 0.2) is 0 Å². The molecule has 3 rings (SSSR count). The molecule has 0 saturated carbocycles. The minimum Gasteiger partial charge on any atom is -0.481 e. The lowest BCUT2D eigenvalue weighted by molar-refractivity contribution is -0.136. The topological polar surface area (TPSA) is 129 Å². The average Bonchev–Trinajstić information content (AvgIpc) is 2.98. The van der Waals surface area contributed by atoms with Crippen LogP contribution in [0.3, 0.4) is 0 Å². The molecular weight excluding hydrogens is 451 g/mol. The summed E-state index contributed by atoms with van der Waals surface area (Å²) in [5.41, 5.74) is 4.74. The van der Waals surface area contributed by atoms with Crippen molar-refractivity contribution in [2.45, 2.75) is 18.2 Å². The lowest BCUT2D eigenvalue weighted by Gasteiger charge is -2.05. The van der Waals surface area contributed by atoms with Crippen LogP contribution >= 0.6 is 0 Å². The summed E-state index contributed by atoms with van der Waals surface area (Å²) < 4.78 is 25.1. The Bertz CT molecular complexity index is 1190. The molecule has 0 amide bonds. The Morgan fingerprint density at radius 2 is 1.52 bits per heavy atom. The van der Waals surface area contributed by atoms with E-state index in [4.69, 9.17) is 15.3 Å². The van der Waals surface area contributed by atoms with Crippen molar-refractivity contribution in [3.8, 4) is 0 Å². The van der Waals surface area contributed by atoms with Crippen molar-refractivity contribution in [1.29, 1.82) is 0 Å². The van der Waals surface area contributed by atoms with Crippen molar-refractivity contribution in [2.75, 3.05) is 6.26 Å². The van der Waals surface area contributed by atoms with Crippen molar-refractivity contribution < 1.29 is 38.3 Å². The number of hydrogen-bond acceptors (Lipinski definition) is 4. The summed E-state index contributed by atoms with van der Waals surface area (Å²) in [4.78, 5) is 31.0. The van der Waals surface area contributed by atoms with E-state index in [9.17, 15) is 23.0 Å².